The van der Waals surface area contributed by atoms with Gasteiger partial charge in [-0.25, -0.2) is 13.8 Å². The quantitative estimate of drug-likeness (QED) is 0.330. The van der Waals surface area contributed by atoms with Crippen molar-refractivity contribution in [2.24, 2.45) is 4.99 Å². The summed E-state index contributed by atoms with van der Waals surface area (Å²) >= 11 is 5.14. The number of thioether (sulfide) groups is 1. The van der Waals surface area contributed by atoms with E-state index in [-0.39, 0.29) is 17.7 Å². The Morgan fingerprint density at radius 2 is 1.58 bits per heavy atom. The van der Waals surface area contributed by atoms with Crippen molar-refractivity contribution < 1.29 is 8.78 Å². The van der Waals surface area contributed by atoms with Gasteiger partial charge in [0.2, 0.25) is 0 Å². The molecule has 0 fully saturated rings. The van der Waals surface area contributed by atoms with Gasteiger partial charge in [0.1, 0.15) is 11.6 Å². The van der Waals surface area contributed by atoms with E-state index in [4.69, 9.17) is 4.99 Å². The Bertz CT molecular complexity index is 1440. The van der Waals surface area contributed by atoms with Crippen LogP contribution in [0.4, 0.5) is 8.78 Å². The third-order valence-electron chi connectivity index (χ3n) is 6.56. The van der Waals surface area contributed by atoms with E-state index in [9.17, 15) is 8.78 Å². The molecule has 1 atom stereocenters. The summed E-state index contributed by atoms with van der Waals surface area (Å²) in [6.45, 7) is 1.48. The molecule has 0 spiro atoms. The van der Waals surface area contributed by atoms with Crippen molar-refractivity contribution in [1.82, 2.24) is 9.80 Å². The summed E-state index contributed by atoms with van der Waals surface area (Å²) in [5.74, 6) is -0.508. The van der Waals surface area contributed by atoms with Crippen LogP contribution in [0.1, 0.15) is 22.7 Å². The highest BCUT2D eigenvalue weighted by Gasteiger charge is 2.41. The average molecular weight is 562 g/mol. The molecule has 3 nitrogen and oxygen atoms in total. The lowest BCUT2D eigenvalue weighted by atomic mass is 9.88. The van der Waals surface area contributed by atoms with E-state index in [1.165, 1.54) is 24.3 Å². The molecule has 3 aromatic rings. The van der Waals surface area contributed by atoms with Crippen molar-refractivity contribution in [1.29, 1.82) is 0 Å². The molecule has 1 unspecified atom stereocenters. The van der Waals surface area contributed by atoms with Gasteiger partial charge in [-0.05, 0) is 77.4 Å². The van der Waals surface area contributed by atoms with Crippen LogP contribution in [0.2, 0.25) is 0 Å². The number of likely N-dealkylation sites (N-methyl/N-ethyl adjacent to an activating group) is 1. The first kappa shape index (κ1) is 23.4. The molecule has 36 heavy (non-hydrogen) atoms. The predicted molar refractivity (Wildman–Crippen MR) is 147 cm³/mol. The fourth-order valence-electron chi connectivity index (χ4n) is 4.96. The molecule has 3 aliphatic rings. The normalized spacial score (nSPS) is 20.8. The van der Waals surface area contributed by atoms with Crippen molar-refractivity contribution in [3.8, 4) is 0 Å². The molecule has 0 amide bonds. The zero-order valence-corrected chi connectivity index (χ0v) is 21.9. The summed E-state index contributed by atoms with van der Waals surface area (Å²) in [5, 5.41) is 3.04. The monoisotopic (exact) mass is 561 g/mol. The number of aliphatic imine (C=N–C) groups is 1. The van der Waals surface area contributed by atoms with Crippen LogP contribution in [0.15, 0.2) is 105 Å². The standard InChI is InChI=1S/C29H22BrF2N3S/c1-34-15-21(14-18-2-10-23(31)11-3-18)27-25(16-34)28(20-6-12-24(32)13-7-20)35-26(17-36-29(35)33-27)19-4-8-22(30)9-5-19/h2-14,17,28H,15-16H2,1H3. The summed E-state index contributed by atoms with van der Waals surface area (Å²) in [4.78, 5) is 9.70. The molecule has 0 bridgehead atoms. The van der Waals surface area contributed by atoms with Gasteiger partial charge in [0.15, 0.2) is 5.17 Å². The molecule has 180 valence electrons. The highest BCUT2D eigenvalue weighted by atomic mass is 79.9. The zero-order chi connectivity index (χ0) is 24.8. The van der Waals surface area contributed by atoms with Crippen LogP contribution >= 0.6 is 27.7 Å². The smallest absolute Gasteiger partial charge is 0.174 e. The topological polar surface area (TPSA) is 18.8 Å². The van der Waals surface area contributed by atoms with Crippen molar-refractivity contribution in [2.75, 3.05) is 20.1 Å². The minimum Gasteiger partial charge on any atom is -0.308 e. The molecular weight excluding hydrogens is 540 g/mol. The first-order valence-corrected chi connectivity index (χ1v) is 13.3. The maximum Gasteiger partial charge on any atom is 0.174 e. The number of hydrogen-bond donors (Lipinski definition) is 0. The van der Waals surface area contributed by atoms with Crippen LogP contribution in [0.5, 0.6) is 0 Å². The maximum absolute atomic E-state index is 13.9. The van der Waals surface area contributed by atoms with Gasteiger partial charge in [0.05, 0.1) is 17.4 Å². The van der Waals surface area contributed by atoms with E-state index in [2.05, 4.69) is 56.4 Å². The first-order valence-electron chi connectivity index (χ1n) is 11.6. The molecule has 3 aromatic carbocycles. The Balaban J connectivity index is 1.50. The van der Waals surface area contributed by atoms with Gasteiger partial charge in [0, 0.05) is 23.0 Å². The fourth-order valence-corrected chi connectivity index (χ4v) is 6.15. The fraction of sp³-hybridized carbons (Fsp3) is 0.138. The SMILES string of the molecule is CN1CC(=Cc2ccc(F)cc2)C2=C(C1)C(c1ccc(F)cc1)N1C(c3ccc(Br)cc3)=CSC1=N2. The second kappa shape index (κ2) is 9.47. The van der Waals surface area contributed by atoms with Gasteiger partial charge in [-0.3, -0.25) is 4.90 Å². The molecule has 7 heteroatoms. The molecule has 0 saturated heterocycles. The molecule has 0 N–H and O–H groups in total. The van der Waals surface area contributed by atoms with Crippen LogP contribution in [0.3, 0.4) is 0 Å². The number of amidine groups is 1. The Labute approximate surface area is 221 Å². The molecule has 6 rings (SSSR count). The molecule has 0 aromatic heterocycles. The lowest BCUT2D eigenvalue weighted by molar-refractivity contribution is 0.344. The average Bonchev–Trinajstić information content (AvgIpc) is 3.29. The van der Waals surface area contributed by atoms with E-state index in [0.29, 0.717) is 0 Å². The number of benzene rings is 3. The van der Waals surface area contributed by atoms with E-state index in [1.54, 1.807) is 23.9 Å². The highest BCUT2D eigenvalue weighted by Crippen LogP contribution is 2.49. The number of rotatable bonds is 3. The Hall–Kier alpha value is -3.00. The summed E-state index contributed by atoms with van der Waals surface area (Å²) in [7, 11) is 2.09. The van der Waals surface area contributed by atoms with Gasteiger partial charge in [-0.2, -0.15) is 0 Å². The largest absolute Gasteiger partial charge is 0.308 e. The number of nitrogens with zero attached hydrogens (tertiary/aromatic N) is 3. The molecular formula is C29H22BrF2N3S. The molecule has 3 aliphatic heterocycles. The van der Waals surface area contributed by atoms with Crippen molar-refractivity contribution in [3.05, 3.63) is 128 Å². The van der Waals surface area contributed by atoms with Crippen molar-refractivity contribution >= 4 is 44.6 Å². The second-order valence-corrected chi connectivity index (χ2v) is 10.9. The second-order valence-electron chi connectivity index (χ2n) is 9.11. The third-order valence-corrected chi connectivity index (χ3v) is 7.93. The minimum atomic E-state index is -0.255. The Kier molecular flexibility index (Phi) is 6.15. The summed E-state index contributed by atoms with van der Waals surface area (Å²) < 4.78 is 28.4. The summed E-state index contributed by atoms with van der Waals surface area (Å²) in [6, 6.07) is 21.4. The number of hydrogen-bond acceptors (Lipinski definition) is 4. The molecule has 0 radical (unpaired) electrons. The van der Waals surface area contributed by atoms with E-state index < -0.39 is 0 Å². The van der Waals surface area contributed by atoms with Gasteiger partial charge in [-0.1, -0.05) is 64.1 Å². The van der Waals surface area contributed by atoms with Gasteiger partial charge in [-0.15, -0.1) is 0 Å². The lowest BCUT2D eigenvalue weighted by Gasteiger charge is -2.42. The predicted octanol–water partition coefficient (Wildman–Crippen LogP) is 7.47. The summed E-state index contributed by atoms with van der Waals surface area (Å²) in [5.41, 5.74) is 7.33. The van der Waals surface area contributed by atoms with Gasteiger partial charge in [0.25, 0.3) is 0 Å². The number of halogens is 3. The van der Waals surface area contributed by atoms with Crippen LogP contribution < -0.4 is 0 Å². The van der Waals surface area contributed by atoms with Gasteiger partial charge < -0.3 is 4.90 Å². The third kappa shape index (κ3) is 4.36. The van der Waals surface area contributed by atoms with E-state index in [0.717, 1.165) is 62.0 Å². The maximum atomic E-state index is 13.9. The first-order chi connectivity index (χ1) is 17.5. The lowest BCUT2D eigenvalue weighted by Crippen LogP contribution is -2.40. The van der Waals surface area contributed by atoms with Gasteiger partial charge >= 0.3 is 0 Å². The van der Waals surface area contributed by atoms with Crippen molar-refractivity contribution in [2.45, 2.75) is 6.04 Å². The summed E-state index contributed by atoms with van der Waals surface area (Å²) in [6.07, 6.45) is 2.09. The van der Waals surface area contributed by atoms with Crippen LogP contribution in [-0.4, -0.2) is 35.1 Å². The van der Waals surface area contributed by atoms with Crippen LogP contribution in [0, 0.1) is 11.6 Å². The van der Waals surface area contributed by atoms with Crippen molar-refractivity contribution in [3.63, 3.8) is 0 Å². The van der Waals surface area contributed by atoms with E-state index in [1.807, 2.05) is 24.3 Å². The zero-order valence-electron chi connectivity index (χ0n) is 19.5. The van der Waals surface area contributed by atoms with E-state index >= 15 is 0 Å². The molecule has 3 heterocycles. The van der Waals surface area contributed by atoms with Crippen LogP contribution in [-0.2, 0) is 0 Å². The highest BCUT2D eigenvalue weighted by molar-refractivity contribution is 9.10. The molecule has 0 aliphatic carbocycles. The molecule has 0 saturated carbocycles. The number of fused-ring (bicyclic) bond motifs is 1. The Morgan fingerprint density at radius 3 is 2.28 bits per heavy atom. The minimum absolute atomic E-state index is 0.127. The Morgan fingerprint density at radius 1 is 0.917 bits per heavy atom. The van der Waals surface area contributed by atoms with Crippen LogP contribution in [0.25, 0.3) is 11.8 Å².